The van der Waals surface area contributed by atoms with Gasteiger partial charge in [-0.1, -0.05) is 18.2 Å². The van der Waals surface area contributed by atoms with Crippen molar-refractivity contribution in [1.29, 1.82) is 0 Å². The number of carboxylic acids is 2. The van der Waals surface area contributed by atoms with Crippen molar-refractivity contribution in [2.75, 3.05) is 79.3 Å². The molecule has 0 amide bonds. The molecule has 46 heavy (non-hydrogen) atoms. The second-order valence-corrected chi connectivity index (χ2v) is 9.54. The number of benzene rings is 2. The highest BCUT2D eigenvalue weighted by Gasteiger charge is 2.15. The standard InChI is InChI=1S/C32H37NO13/c34-31(35)25-20-24(21-26(33-25)32(36)37)46-22-23-5-6-29-30(19-23)45-18-14-41-10-9-39-12-16-43-28-4-2-1-3-27(28)42-15-11-38-7-8-40-13-17-44-29/h1-6,19-21H,7-18,22H2,(H,34,35)(H,36,37). The number of aromatic carboxylic acids is 2. The molecule has 0 bridgehead atoms. The van der Waals surface area contributed by atoms with Gasteiger partial charge < -0.3 is 52.8 Å². The highest BCUT2D eigenvalue weighted by atomic mass is 16.6. The summed E-state index contributed by atoms with van der Waals surface area (Å²) in [7, 11) is 0. The predicted molar refractivity (Wildman–Crippen MR) is 161 cm³/mol. The number of hydrogen-bond acceptors (Lipinski definition) is 12. The third-order valence-electron chi connectivity index (χ3n) is 6.18. The molecule has 0 saturated carbocycles. The number of nitrogens with zero attached hydrogens (tertiary/aromatic N) is 1. The molecule has 1 aliphatic rings. The summed E-state index contributed by atoms with van der Waals surface area (Å²) in [6, 6.07) is 14.9. The molecular formula is C32H37NO13. The van der Waals surface area contributed by atoms with Crippen molar-refractivity contribution >= 4 is 11.9 Å². The smallest absolute Gasteiger partial charge is 0.354 e. The van der Waals surface area contributed by atoms with Crippen molar-refractivity contribution < 1.29 is 62.4 Å². The predicted octanol–water partition coefficient (Wildman–Crippen LogP) is 3.35. The van der Waals surface area contributed by atoms with Crippen molar-refractivity contribution in [2.24, 2.45) is 0 Å². The first-order chi connectivity index (χ1) is 22.5. The van der Waals surface area contributed by atoms with Crippen LogP contribution in [0.1, 0.15) is 26.5 Å². The van der Waals surface area contributed by atoms with E-state index in [1.54, 1.807) is 18.2 Å². The normalized spacial score (nSPS) is 16.0. The first-order valence-corrected chi connectivity index (χ1v) is 14.6. The number of para-hydroxylation sites is 2. The Hall–Kier alpha value is -4.63. The number of rotatable bonds is 5. The lowest BCUT2D eigenvalue weighted by Crippen LogP contribution is -2.15. The third kappa shape index (κ3) is 11.7. The largest absolute Gasteiger partial charge is 0.489 e. The molecule has 14 heteroatoms. The van der Waals surface area contributed by atoms with Gasteiger partial charge in [-0.15, -0.1) is 0 Å². The first-order valence-electron chi connectivity index (χ1n) is 14.6. The highest BCUT2D eigenvalue weighted by molar-refractivity contribution is 5.90. The van der Waals surface area contributed by atoms with Gasteiger partial charge in [0.1, 0.15) is 38.8 Å². The zero-order chi connectivity index (χ0) is 32.4. The third-order valence-corrected chi connectivity index (χ3v) is 6.18. The van der Waals surface area contributed by atoms with Gasteiger partial charge in [-0.3, -0.25) is 0 Å². The van der Waals surface area contributed by atoms with Crippen LogP contribution in [0.2, 0.25) is 0 Å². The molecule has 14 nitrogen and oxygen atoms in total. The summed E-state index contributed by atoms with van der Waals surface area (Å²) in [5.41, 5.74) is -0.217. The molecule has 0 saturated heterocycles. The highest BCUT2D eigenvalue weighted by Crippen LogP contribution is 2.29. The SMILES string of the molecule is O=C(O)c1cc(OCc2ccc3c(c2)OCCOCCOCCOc2ccccc2OCCOCCOCCO3)cc(C(=O)O)n1. The fourth-order valence-electron chi connectivity index (χ4n) is 4.02. The van der Waals surface area contributed by atoms with Gasteiger partial charge in [-0.25, -0.2) is 14.6 Å². The molecule has 1 aromatic heterocycles. The van der Waals surface area contributed by atoms with E-state index in [0.29, 0.717) is 94.6 Å². The molecule has 4 rings (SSSR count). The average molecular weight is 644 g/mol. The lowest BCUT2D eigenvalue weighted by atomic mass is 10.2. The molecule has 0 unspecified atom stereocenters. The van der Waals surface area contributed by atoms with Crippen LogP contribution in [0.4, 0.5) is 0 Å². The molecule has 248 valence electrons. The van der Waals surface area contributed by atoms with E-state index in [-0.39, 0.29) is 25.6 Å². The van der Waals surface area contributed by atoms with Crippen LogP contribution < -0.4 is 23.7 Å². The van der Waals surface area contributed by atoms with E-state index in [4.69, 9.17) is 42.6 Å². The minimum atomic E-state index is -1.37. The number of fused-ring (bicyclic) bond motifs is 2. The quantitative estimate of drug-likeness (QED) is 0.415. The molecule has 2 heterocycles. The van der Waals surface area contributed by atoms with Gasteiger partial charge >= 0.3 is 11.9 Å². The van der Waals surface area contributed by atoms with E-state index in [1.165, 1.54) is 0 Å². The molecule has 0 fully saturated rings. The van der Waals surface area contributed by atoms with Gasteiger partial charge in [-0.2, -0.15) is 0 Å². The van der Waals surface area contributed by atoms with E-state index in [2.05, 4.69) is 4.98 Å². The Balaban J connectivity index is 1.33. The molecule has 0 aliphatic carbocycles. The van der Waals surface area contributed by atoms with Crippen LogP contribution in [0.15, 0.2) is 54.6 Å². The van der Waals surface area contributed by atoms with Gasteiger partial charge in [0.05, 0.1) is 52.9 Å². The minimum Gasteiger partial charge on any atom is -0.489 e. The average Bonchev–Trinajstić information content (AvgIpc) is 3.06. The van der Waals surface area contributed by atoms with Crippen molar-refractivity contribution in [3.63, 3.8) is 0 Å². The summed E-state index contributed by atoms with van der Waals surface area (Å²) >= 11 is 0. The summed E-state index contributed by atoms with van der Waals surface area (Å²) < 4.78 is 51.6. The lowest BCUT2D eigenvalue weighted by Gasteiger charge is -2.16. The van der Waals surface area contributed by atoms with E-state index in [1.807, 2.05) is 24.3 Å². The van der Waals surface area contributed by atoms with Crippen LogP contribution >= 0.6 is 0 Å². The van der Waals surface area contributed by atoms with Gasteiger partial charge in [0.2, 0.25) is 0 Å². The molecular weight excluding hydrogens is 606 g/mol. The minimum absolute atomic E-state index is 0.00391. The Morgan fingerprint density at radius 2 is 0.978 bits per heavy atom. The van der Waals surface area contributed by atoms with Crippen molar-refractivity contribution in [1.82, 2.24) is 4.98 Å². The molecule has 0 atom stereocenters. The van der Waals surface area contributed by atoms with Crippen LogP contribution in [0.25, 0.3) is 0 Å². The Kier molecular flexibility index (Phi) is 14.2. The molecule has 0 spiro atoms. The molecule has 2 aromatic carbocycles. The summed E-state index contributed by atoms with van der Waals surface area (Å²) in [6.07, 6.45) is 0. The lowest BCUT2D eigenvalue weighted by molar-refractivity contribution is 0.0223. The van der Waals surface area contributed by atoms with Gasteiger partial charge in [-0.05, 0) is 29.8 Å². The molecule has 1 aliphatic heterocycles. The second kappa shape index (κ2) is 19.0. The van der Waals surface area contributed by atoms with Crippen LogP contribution in [-0.2, 0) is 25.6 Å². The maximum absolute atomic E-state index is 11.4. The van der Waals surface area contributed by atoms with Crippen molar-refractivity contribution in [3.05, 3.63) is 71.5 Å². The maximum Gasteiger partial charge on any atom is 0.354 e. The van der Waals surface area contributed by atoms with E-state index >= 15 is 0 Å². The van der Waals surface area contributed by atoms with E-state index in [0.717, 1.165) is 12.1 Å². The molecule has 3 aromatic rings. The first kappa shape index (κ1) is 34.2. The maximum atomic E-state index is 11.4. The zero-order valence-electron chi connectivity index (χ0n) is 25.2. The number of hydrogen-bond donors (Lipinski definition) is 2. The van der Waals surface area contributed by atoms with Crippen LogP contribution in [0.3, 0.4) is 0 Å². The topological polar surface area (TPSA) is 171 Å². The number of pyridine rings is 1. The monoisotopic (exact) mass is 643 g/mol. The van der Waals surface area contributed by atoms with Crippen LogP contribution in [0, 0.1) is 0 Å². The fraction of sp³-hybridized carbons (Fsp3) is 0.406. The van der Waals surface area contributed by atoms with Crippen LogP contribution in [0.5, 0.6) is 28.7 Å². The number of aromatic nitrogens is 1. The number of ether oxygens (including phenoxy) is 9. The summed E-state index contributed by atoms with van der Waals surface area (Å²) in [6.45, 7) is 4.06. The summed E-state index contributed by atoms with van der Waals surface area (Å²) in [5, 5.41) is 18.5. The Bertz CT molecular complexity index is 1370. The van der Waals surface area contributed by atoms with E-state index in [9.17, 15) is 19.8 Å². The summed E-state index contributed by atoms with van der Waals surface area (Å²) in [4.78, 5) is 26.3. The summed E-state index contributed by atoms with van der Waals surface area (Å²) in [5.74, 6) is -0.521. The van der Waals surface area contributed by atoms with Crippen molar-refractivity contribution in [2.45, 2.75) is 6.61 Å². The Morgan fingerprint density at radius 3 is 1.43 bits per heavy atom. The van der Waals surface area contributed by atoms with Gasteiger partial charge in [0.25, 0.3) is 0 Å². The Morgan fingerprint density at radius 1 is 0.565 bits per heavy atom. The van der Waals surface area contributed by atoms with Crippen LogP contribution in [-0.4, -0.2) is 106 Å². The second-order valence-electron chi connectivity index (χ2n) is 9.54. The molecule has 0 radical (unpaired) electrons. The number of carboxylic acid groups (broad SMARTS) is 2. The fourth-order valence-corrected chi connectivity index (χ4v) is 4.02. The number of carbonyl (C=O) groups is 2. The zero-order valence-corrected chi connectivity index (χ0v) is 25.2. The van der Waals surface area contributed by atoms with Gasteiger partial charge in [0.15, 0.2) is 34.4 Å². The van der Waals surface area contributed by atoms with E-state index < -0.39 is 23.3 Å². The Labute approximate surface area is 265 Å². The molecule has 2 N–H and O–H groups in total. The van der Waals surface area contributed by atoms with Crippen molar-refractivity contribution in [3.8, 4) is 28.7 Å². The van der Waals surface area contributed by atoms with Gasteiger partial charge in [0, 0.05) is 12.1 Å².